The summed E-state index contributed by atoms with van der Waals surface area (Å²) >= 11 is 1.52. The van der Waals surface area contributed by atoms with Gasteiger partial charge in [-0.05, 0) is 31.2 Å². The van der Waals surface area contributed by atoms with Crippen LogP contribution in [0.5, 0.6) is 5.75 Å². The fourth-order valence-electron chi connectivity index (χ4n) is 2.04. The van der Waals surface area contributed by atoms with Gasteiger partial charge in [0.15, 0.2) is 0 Å². The van der Waals surface area contributed by atoms with Crippen LogP contribution in [0.15, 0.2) is 29.1 Å². The Labute approximate surface area is 102 Å². The van der Waals surface area contributed by atoms with E-state index in [9.17, 15) is 4.79 Å². The molecule has 0 aliphatic carbocycles. The highest BCUT2D eigenvalue weighted by molar-refractivity contribution is 7.19. The molecule has 86 valence electrons. The summed E-state index contributed by atoms with van der Waals surface area (Å²) in [4.78, 5) is 15.9. The monoisotopic (exact) mass is 245 g/mol. The van der Waals surface area contributed by atoms with Gasteiger partial charge in [0.05, 0.1) is 7.11 Å². The van der Waals surface area contributed by atoms with E-state index in [0.717, 1.165) is 31.6 Å². The first-order chi connectivity index (χ1) is 8.19. The Morgan fingerprint density at radius 2 is 2.06 bits per heavy atom. The second-order valence-corrected chi connectivity index (χ2v) is 5.22. The van der Waals surface area contributed by atoms with Crippen molar-refractivity contribution in [3.05, 3.63) is 39.5 Å². The number of aromatic amines is 1. The van der Waals surface area contributed by atoms with Crippen molar-refractivity contribution in [3.63, 3.8) is 0 Å². The van der Waals surface area contributed by atoms with Crippen LogP contribution in [0.25, 0.3) is 21.0 Å². The molecule has 0 amide bonds. The summed E-state index contributed by atoms with van der Waals surface area (Å²) in [5.41, 5.74) is 0.830. The van der Waals surface area contributed by atoms with Gasteiger partial charge in [0.25, 0.3) is 5.56 Å². The van der Waals surface area contributed by atoms with E-state index in [0.29, 0.717) is 0 Å². The number of hydrogen-bond acceptors (Lipinski definition) is 3. The molecule has 3 rings (SSSR count). The molecule has 1 aromatic carbocycles. The first-order valence-corrected chi connectivity index (χ1v) is 6.11. The van der Waals surface area contributed by atoms with Crippen LogP contribution in [-0.4, -0.2) is 12.1 Å². The summed E-state index contributed by atoms with van der Waals surface area (Å²) in [6, 6.07) is 7.74. The van der Waals surface area contributed by atoms with E-state index in [1.54, 1.807) is 7.11 Å². The van der Waals surface area contributed by atoms with Crippen molar-refractivity contribution >= 4 is 32.3 Å². The van der Waals surface area contributed by atoms with Crippen LogP contribution in [0.3, 0.4) is 0 Å². The quantitative estimate of drug-likeness (QED) is 0.716. The van der Waals surface area contributed by atoms with E-state index < -0.39 is 0 Å². The number of rotatable bonds is 1. The van der Waals surface area contributed by atoms with Crippen molar-refractivity contribution in [1.29, 1.82) is 0 Å². The number of H-pyrrole nitrogens is 1. The highest BCUT2D eigenvalue weighted by Crippen LogP contribution is 2.30. The molecule has 0 aliphatic rings. The van der Waals surface area contributed by atoms with Crippen LogP contribution in [0.1, 0.15) is 4.88 Å². The van der Waals surface area contributed by atoms with Gasteiger partial charge in [-0.15, -0.1) is 11.3 Å². The number of fused-ring (bicyclic) bond motifs is 3. The molecule has 0 bridgehead atoms. The molecule has 0 saturated heterocycles. The van der Waals surface area contributed by atoms with E-state index in [2.05, 4.69) is 11.1 Å². The molecular weight excluding hydrogens is 234 g/mol. The molecule has 2 heterocycles. The van der Waals surface area contributed by atoms with Crippen molar-refractivity contribution in [2.75, 3.05) is 7.11 Å². The second-order valence-electron chi connectivity index (χ2n) is 3.97. The van der Waals surface area contributed by atoms with Gasteiger partial charge in [-0.1, -0.05) is 0 Å². The van der Waals surface area contributed by atoms with Gasteiger partial charge in [0, 0.05) is 21.2 Å². The maximum atomic E-state index is 11.9. The number of hydrogen-bond donors (Lipinski definition) is 1. The zero-order valence-corrected chi connectivity index (χ0v) is 10.4. The Kier molecular flexibility index (Phi) is 2.19. The molecule has 0 atom stereocenters. The average Bonchev–Trinajstić information content (AvgIpc) is 2.72. The Morgan fingerprint density at radius 3 is 2.82 bits per heavy atom. The molecule has 0 unspecified atom stereocenters. The first kappa shape index (κ1) is 10.4. The predicted molar refractivity (Wildman–Crippen MR) is 71.2 cm³/mol. The fraction of sp³-hybridized carbons (Fsp3) is 0.154. The van der Waals surface area contributed by atoms with Gasteiger partial charge in [-0.25, -0.2) is 0 Å². The van der Waals surface area contributed by atoms with Gasteiger partial charge in [-0.3, -0.25) is 4.79 Å². The van der Waals surface area contributed by atoms with Crippen molar-refractivity contribution in [1.82, 2.24) is 4.98 Å². The number of pyridine rings is 1. The van der Waals surface area contributed by atoms with Gasteiger partial charge in [-0.2, -0.15) is 0 Å². The number of ether oxygens (including phenoxy) is 1. The molecule has 4 heteroatoms. The maximum Gasteiger partial charge on any atom is 0.266 e. The normalized spacial score (nSPS) is 11.2. The molecule has 1 N–H and O–H groups in total. The Hall–Kier alpha value is -1.81. The standard InChI is InChI=1S/C13H11NO2S/c1-7-5-10-9-6-8(16-2)3-4-11(9)14-13(15)12(10)17-7/h3-6H,1-2H3,(H,14,15). The molecule has 17 heavy (non-hydrogen) atoms. The van der Waals surface area contributed by atoms with Crippen molar-refractivity contribution in [2.45, 2.75) is 6.92 Å². The lowest BCUT2D eigenvalue weighted by molar-refractivity contribution is 0.415. The van der Waals surface area contributed by atoms with E-state index in [4.69, 9.17) is 4.74 Å². The predicted octanol–water partition coefficient (Wildman–Crippen LogP) is 3.06. The Balaban J connectivity index is 2.55. The van der Waals surface area contributed by atoms with Crippen LogP contribution >= 0.6 is 11.3 Å². The average molecular weight is 245 g/mol. The topological polar surface area (TPSA) is 42.1 Å². The smallest absolute Gasteiger partial charge is 0.266 e. The minimum Gasteiger partial charge on any atom is -0.497 e. The molecule has 3 aromatic rings. The molecule has 0 fully saturated rings. The van der Waals surface area contributed by atoms with Crippen molar-refractivity contribution in [3.8, 4) is 5.75 Å². The number of nitrogens with one attached hydrogen (secondary N) is 1. The number of thiophene rings is 1. The van der Waals surface area contributed by atoms with Crippen LogP contribution in [-0.2, 0) is 0 Å². The molecular formula is C13H11NO2S. The van der Waals surface area contributed by atoms with Gasteiger partial charge in [0.2, 0.25) is 0 Å². The first-order valence-electron chi connectivity index (χ1n) is 5.29. The molecule has 0 saturated carbocycles. The van der Waals surface area contributed by atoms with Crippen LogP contribution in [0.4, 0.5) is 0 Å². The molecule has 0 aliphatic heterocycles. The third kappa shape index (κ3) is 1.52. The highest BCUT2D eigenvalue weighted by atomic mass is 32.1. The molecule has 3 nitrogen and oxygen atoms in total. The number of aromatic nitrogens is 1. The van der Waals surface area contributed by atoms with Crippen molar-refractivity contribution in [2.24, 2.45) is 0 Å². The Bertz CT molecular complexity index is 770. The summed E-state index contributed by atoms with van der Waals surface area (Å²) in [5, 5.41) is 2.04. The maximum absolute atomic E-state index is 11.9. The third-order valence-electron chi connectivity index (χ3n) is 2.83. The zero-order valence-electron chi connectivity index (χ0n) is 9.53. The van der Waals surface area contributed by atoms with E-state index in [-0.39, 0.29) is 5.56 Å². The lowest BCUT2D eigenvalue weighted by Gasteiger charge is -2.03. The van der Waals surface area contributed by atoms with Crippen molar-refractivity contribution < 1.29 is 4.74 Å². The summed E-state index contributed by atoms with van der Waals surface area (Å²) in [6.07, 6.45) is 0. The minimum atomic E-state index is -0.0178. The van der Waals surface area contributed by atoms with Gasteiger partial charge in [0.1, 0.15) is 10.4 Å². The highest BCUT2D eigenvalue weighted by Gasteiger charge is 2.08. The minimum absolute atomic E-state index is 0.0178. The van der Waals surface area contributed by atoms with E-state index >= 15 is 0 Å². The number of methoxy groups -OCH3 is 1. The largest absolute Gasteiger partial charge is 0.497 e. The lowest BCUT2D eigenvalue weighted by atomic mass is 10.1. The molecule has 2 aromatic heterocycles. The molecule has 0 radical (unpaired) electrons. The Morgan fingerprint density at radius 1 is 1.24 bits per heavy atom. The lowest BCUT2D eigenvalue weighted by Crippen LogP contribution is -2.03. The SMILES string of the molecule is COc1ccc2[nH]c(=O)c3sc(C)cc3c2c1. The zero-order chi connectivity index (χ0) is 12.0. The van der Waals surface area contributed by atoms with Gasteiger partial charge < -0.3 is 9.72 Å². The summed E-state index contributed by atoms with van der Waals surface area (Å²) < 4.78 is 6.00. The second kappa shape index (κ2) is 3.60. The van der Waals surface area contributed by atoms with Crippen LogP contribution in [0, 0.1) is 6.92 Å². The third-order valence-corrected chi connectivity index (χ3v) is 3.88. The van der Waals surface area contributed by atoms with Crippen LogP contribution < -0.4 is 10.3 Å². The van der Waals surface area contributed by atoms with E-state index in [1.165, 1.54) is 11.3 Å². The van der Waals surface area contributed by atoms with Crippen LogP contribution in [0.2, 0.25) is 0 Å². The number of aryl methyl sites for hydroxylation is 1. The molecule has 0 spiro atoms. The summed E-state index contributed by atoms with van der Waals surface area (Å²) in [6.45, 7) is 2.01. The van der Waals surface area contributed by atoms with Gasteiger partial charge >= 0.3 is 0 Å². The summed E-state index contributed by atoms with van der Waals surface area (Å²) in [5.74, 6) is 0.801. The summed E-state index contributed by atoms with van der Waals surface area (Å²) in [7, 11) is 1.64. The fourth-order valence-corrected chi connectivity index (χ4v) is 2.97. The number of benzene rings is 1. The van der Waals surface area contributed by atoms with E-state index in [1.807, 2.05) is 25.1 Å².